The zero-order valence-electron chi connectivity index (χ0n) is 15.6. The number of hydrogen-bond donors (Lipinski definition) is 1. The fourth-order valence-corrected chi connectivity index (χ4v) is 2.88. The number of rotatable bonds is 7. The number of benzene rings is 2. The van der Waals surface area contributed by atoms with Gasteiger partial charge in [0.05, 0.1) is 0 Å². The van der Waals surface area contributed by atoms with E-state index < -0.39 is 0 Å². The summed E-state index contributed by atoms with van der Waals surface area (Å²) in [5.41, 5.74) is 11.1. The van der Waals surface area contributed by atoms with Crippen LogP contribution in [-0.4, -0.2) is 24.4 Å². The lowest BCUT2D eigenvalue weighted by Crippen LogP contribution is -2.28. The van der Waals surface area contributed by atoms with Crippen LogP contribution in [0.1, 0.15) is 34.2 Å². The van der Waals surface area contributed by atoms with Crippen LogP contribution in [0.25, 0.3) is 0 Å². The average molecular weight is 340 g/mol. The number of hydrogen-bond acceptors (Lipinski definition) is 3. The molecule has 0 saturated heterocycles. The van der Waals surface area contributed by atoms with E-state index in [9.17, 15) is 4.79 Å². The van der Waals surface area contributed by atoms with Gasteiger partial charge in [-0.25, -0.2) is 0 Å². The summed E-state index contributed by atoms with van der Waals surface area (Å²) < 4.78 is 6.04. The van der Waals surface area contributed by atoms with E-state index in [0.717, 1.165) is 28.0 Å². The third-order valence-electron chi connectivity index (χ3n) is 4.23. The van der Waals surface area contributed by atoms with Crippen molar-refractivity contribution < 1.29 is 9.53 Å². The van der Waals surface area contributed by atoms with Gasteiger partial charge < -0.3 is 15.4 Å². The highest BCUT2D eigenvalue weighted by atomic mass is 16.5. The summed E-state index contributed by atoms with van der Waals surface area (Å²) in [6.07, 6.45) is 0.381. The van der Waals surface area contributed by atoms with Crippen molar-refractivity contribution >= 4 is 5.91 Å². The van der Waals surface area contributed by atoms with Gasteiger partial charge in [0.15, 0.2) is 0 Å². The third kappa shape index (κ3) is 5.33. The molecular formula is C21H28N2O2. The number of carbonyl (C=O) groups excluding carboxylic acids is 1. The zero-order chi connectivity index (χ0) is 18.4. The van der Waals surface area contributed by atoms with Crippen LogP contribution in [0.2, 0.25) is 0 Å². The highest BCUT2D eigenvalue weighted by molar-refractivity contribution is 5.76. The molecule has 0 aliphatic rings. The van der Waals surface area contributed by atoms with Crippen LogP contribution < -0.4 is 10.5 Å². The monoisotopic (exact) mass is 340 g/mol. The van der Waals surface area contributed by atoms with E-state index in [4.69, 9.17) is 10.5 Å². The summed E-state index contributed by atoms with van der Waals surface area (Å²) in [5.74, 6) is 0.984. The average Bonchev–Trinajstić information content (AvgIpc) is 2.56. The lowest BCUT2D eigenvalue weighted by atomic mass is 10.0. The van der Waals surface area contributed by atoms with E-state index in [0.29, 0.717) is 26.1 Å². The Labute approximate surface area is 150 Å². The molecule has 4 heteroatoms. The maximum absolute atomic E-state index is 11.9. The van der Waals surface area contributed by atoms with E-state index in [2.05, 4.69) is 43.3 Å². The van der Waals surface area contributed by atoms with Crippen molar-refractivity contribution in [3.63, 3.8) is 0 Å². The van der Waals surface area contributed by atoms with Crippen molar-refractivity contribution in [2.75, 3.05) is 13.6 Å². The Morgan fingerprint density at radius 1 is 1.04 bits per heavy atom. The Hall–Kier alpha value is -2.33. The normalized spacial score (nSPS) is 10.6. The molecule has 25 heavy (non-hydrogen) atoms. The van der Waals surface area contributed by atoms with E-state index in [1.165, 1.54) is 5.56 Å². The molecule has 1 amide bonds. The number of amides is 1. The molecule has 0 bridgehead atoms. The molecule has 2 aromatic rings. The van der Waals surface area contributed by atoms with Crippen LogP contribution in [0.3, 0.4) is 0 Å². The summed E-state index contributed by atoms with van der Waals surface area (Å²) >= 11 is 0. The smallest absolute Gasteiger partial charge is 0.223 e. The Kier molecular flexibility index (Phi) is 6.59. The highest BCUT2D eigenvalue weighted by Gasteiger charge is 2.11. The van der Waals surface area contributed by atoms with Crippen molar-refractivity contribution in [1.82, 2.24) is 4.90 Å². The third-order valence-corrected chi connectivity index (χ3v) is 4.23. The molecule has 4 nitrogen and oxygen atoms in total. The SMILES string of the molecule is Cc1ccc(COc2c(C)cc(CN(C)C(=O)CCN)cc2C)cc1. The predicted octanol–water partition coefficient (Wildman–Crippen LogP) is 3.50. The molecule has 0 aliphatic heterocycles. The van der Waals surface area contributed by atoms with E-state index in [-0.39, 0.29) is 5.91 Å². The van der Waals surface area contributed by atoms with Crippen LogP contribution >= 0.6 is 0 Å². The first-order valence-corrected chi connectivity index (χ1v) is 8.63. The van der Waals surface area contributed by atoms with Crippen molar-refractivity contribution in [3.05, 3.63) is 64.2 Å². The molecule has 0 radical (unpaired) electrons. The number of carbonyl (C=O) groups is 1. The highest BCUT2D eigenvalue weighted by Crippen LogP contribution is 2.26. The minimum Gasteiger partial charge on any atom is -0.488 e. The summed E-state index contributed by atoms with van der Waals surface area (Å²) in [5, 5.41) is 0. The molecule has 2 N–H and O–H groups in total. The molecule has 0 aliphatic carbocycles. The zero-order valence-corrected chi connectivity index (χ0v) is 15.6. The molecule has 0 aromatic heterocycles. The largest absolute Gasteiger partial charge is 0.488 e. The van der Waals surface area contributed by atoms with Gasteiger partial charge in [0.2, 0.25) is 5.91 Å². The molecular weight excluding hydrogens is 312 g/mol. The summed E-state index contributed by atoms with van der Waals surface area (Å²) in [6, 6.07) is 12.5. The molecule has 0 heterocycles. The molecule has 0 spiro atoms. The van der Waals surface area contributed by atoms with Gasteiger partial charge in [-0.3, -0.25) is 4.79 Å². The predicted molar refractivity (Wildman–Crippen MR) is 102 cm³/mol. The van der Waals surface area contributed by atoms with Gasteiger partial charge in [-0.2, -0.15) is 0 Å². The summed E-state index contributed by atoms with van der Waals surface area (Å²) in [4.78, 5) is 13.6. The van der Waals surface area contributed by atoms with Gasteiger partial charge in [0, 0.05) is 26.6 Å². The maximum Gasteiger partial charge on any atom is 0.223 e. The second kappa shape index (κ2) is 8.67. The second-order valence-corrected chi connectivity index (χ2v) is 6.62. The lowest BCUT2D eigenvalue weighted by Gasteiger charge is -2.19. The standard InChI is InChI=1S/C21H28N2O2/c1-15-5-7-18(8-6-15)14-25-21-16(2)11-19(12-17(21)3)13-23(4)20(24)9-10-22/h5-8,11-12H,9-10,13-14,22H2,1-4H3. The quantitative estimate of drug-likeness (QED) is 0.839. The van der Waals surface area contributed by atoms with Crippen molar-refractivity contribution in [2.45, 2.75) is 40.3 Å². The minimum atomic E-state index is 0.0671. The van der Waals surface area contributed by atoms with Crippen LogP contribution in [0.4, 0.5) is 0 Å². The number of nitrogens with zero attached hydrogens (tertiary/aromatic N) is 1. The van der Waals surface area contributed by atoms with Gasteiger partial charge in [0.1, 0.15) is 12.4 Å². The molecule has 0 saturated carbocycles. The van der Waals surface area contributed by atoms with E-state index in [1.807, 2.05) is 20.9 Å². The number of ether oxygens (including phenoxy) is 1. The summed E-state index contributed by atoms with van der Waals surface area (Å²) in [7, 11) is 1.81. The first kappa shape index (κ1) is 19.0. The lowest BCUT2D eigenvalue weighted by molar-refractivity contribution is -0.130. The first-order valence-electron chi connectivity index (χ1n) is 8.63. The Balaban J connectivity index is 2.06. The van der Waals surface area contributed by atoms with Crippen molar-refractivity contribution in [3.8, 4) is 5.75 Å². The molecule has 134 valence electrons. The van der Waals surface area contributed by atoms with Gasteiger partial charge in [-0.15, -0.1) is 0 Å². The van der Waals surface area contributed by atoms with Gasteiger partial charge >= 0.3 is 0 Å². The first-order chi connectivity index (χ1) is 11.9. The number of aryl methyl sites for hydroxylation is 3. The molecule has 2 rings (SSSR count). The maximum atomic E-state index is 11.9. The van der Waals surface area contributed by atoms with E-state index in [1.54, 1.807) is 4.90 Å². The summed E-state index contributed by atoms with van der Waals surface area (Å²) in [6.45, 7) is 7.68. The Morgan fingerprint density at radius 3 is 2.20 bits per heavy atom. The van der Waals surface area contributed by atoms with Crippen LogP contribution in [0.5, 0.6) is 5.75 Å². The molecule has 0 fully saturated rings. The van der Waals surface area contributed by atoms with Gasteiger partial charge in [0.25, 0.3) is 0 Å². The fraction of sp³-hybridized carbons (Fsp3) is 0.381. The topological polar surface area (TPSA) is 55.6 Å². The minimum absolute atomic E-state index is 0.0671. The van der Waals surface area contributed by atoms with E-state index >= 15 is 0 Å². The molecule has 0 unspecified atom stereocenters. The van der Waals surface area contributed by atoms with Crippen molar-refractivity contribution in [2.24, 2.45) is 5.73 Å². The van der Waals surface area contributed by atoms with Crippen LogP contribution in [-0.2, 0) is 17.9 Å². The second-order valence-electron chi connectivity index (χ2n) is 6.62. The van der Waals surface area contributed by atoms with Crippen LogP contribution in [0, 0.1) is 20.8 Å². The Morgan fingerprint density at radius 2 is 1.64 bits per heavy atom. The fourth-order valence-electron chi connectivity index (χ4n) is 2.88. The molecule has 0 atom stereocenters. The molecule has 2 aromatic carbocycles. The number of nitrogens with two attached hydrogens (primary N) is 1. The van der Waals surface area contributed by atoms with Crippen LogP contribution in [0.15, 0.2) is 36.4 Å². The Bertz CT molecular complexity index is 700. The van der Waals surface area contributed by atoms with Gasteiger partial charge in [-0.05, 0) is 43.0 Å². The van der Waals surface area contributed by atoms with Gasteiger partial charge in [-0.1, -0.05) is 42.0 Å². The van der Waals surface area contributed by atoms with Crippen molar-refractivity contribution in [1.29, 1.82) is 0 Å².